The Kier molecular flexibility index (Phi) is 5.27. The minimum Gasteiger partial charge on any atom is -0.497 e. The number of hydrogen-bond acceptors (Lipinski definition) is 7. The summed E-state index contributed by atoms with van der Waals surface area (Å²) < 4.78 is 19.5. The SMILES string of the molecule is COC(=O)C(OC)Oc1cc(OC)cc(C)c1[N+](=O)[O-]. The zero-order valence-corrected chi connectivity index (χ0v) is 11.5. The molecule has 0 heterocycles. The predicted octanol–water partition coefficient (Wildman–Crippen LogP) is 1.44. The predicted molar refractivity (Wildman–Crippen MR) is 67.8 cm³/mol. The summed E-state index contributed by atoms with van der Waals surface area (Å²) in [4.78, 5) is 21.9. The first kappa shape index (κ1) is 15.7. The Morgan fingerprint density at radius 1 is 1.30 bits per heavy atom. The zero-order valence-electron chi connectivity index (χ0n) is 11.5. The number of methoxy groups -OCH3 is 3. The first-order valence-corrected chi connectivity index (χ1v) is 5.54. The van der Waals surface area contributed by atoms with Crippen molar-refractivity contribution < 1.29 is 28.7 Å². The van der Waals surface area contributed by atoms with Gasteiger partial charge in [0, 0.05) is 18.7 Å². The number of ether oxygens (including phenoxy) is 4. The maximum Gasteiger partial charge on any atom is 0.376 e. The Balaban J connectivity index is 3.23. The van der Waals surface area contributed by atoms with E-state index in [4.69, 9.17) is 14.2 Å². The fraction of sp³-hybridized carbons (Fsp3) is 0.417. The molecular weight excluding hydrogens is 270 g/mol. The average molecular weight is 285 g/mol. The van der Waals surface area contributed by atoms with E-state index < -0.39 is 17.2 Å². The van der Waals surface area contributed by atoms with E-state index in [1.807, 2.05) is 0 Å². The van der Waals surface area contributed by atoms with Crippen LogP contribution >= 0.6 is 0 Å². The summed E-state index contributed by atoms with van der Waals surface area (Å²) >= 11 is 0. The van der Waals surface area contributed by atoms with E-state index in [1.165, 1.54) is 33.3 Å². The second kappa shape index (κ2) is 6.71. The van der Waals surface area contributed by atoms with Gasteiger partial charge in [0.1, 0.15) is 5.75 Å². The van der Waals surface area contributed by atoms with Crippen molar-refractivity contribution in [2.24, 2.45) is 0 Å². The highest BCUT2D eigenvalue weighted by atomic mass is 16.7. The van der Waals surface area contributed by atoms with E-state index in [0.29, 0.717) is 11.3 Å². The van der Waals surface area contributed by atoms with Crippen LogP contribution in [-0.4, -0.2) is 38.5 Å². The maximum absolute atomic E-state index is 11.4. The molecule has 20 heavy (non-hydrogen) atoms. The van der Waals surface area contributed by atoms with E-state index in [2.05, 4.69) is 4.74 Å². The molecule has 8 heteroatoms. The molecule has 1 aromatic rings. The van der Waals surface area contributed by atoms with E-state index in [1.54, 1.807) is 0 Å². The van der Waals surface area contributed by atoms with Gasteiger partial charge in [-0.15, -0.1) is 0 Å². The quantitative estimate of drug-likeness (QED) is 0.337. The van der Waals surface area contributed by atoms with Gasteiger partial charge < -0.3 is 18.9 Å². The van der Waals surface area contributed by atoms with Crippen molar-refractivity contribution in [2.75, 3.05) is 21.3 Å². The number of aryl methyl sites for hydroxylation is 1. The molecule has 0 saturated heterocycles. The molecule has 0 spiro atoms. The van der Waals surface area contributed by atoms with Crippen LogP contribution in [0.5, 0.6) is 11.5 Å². The van der Waals surface area contributed by atoms with Gasteiger partial charge in [0.15, 0.2) is 0 Å². The smallest absolute Gasteiger partial charge is 0.376 e. The van der Waals surface area contributed by atoms with Crippen LogP contribution in [0, 0.1) is 17.0 Å². The molecule has 0 saturated carbocycles. The third kappa shape index (κ3) is 3.35. The topological polar surface area (TPSA) is 97.1 Å². The molecular formula is C12H15NO7. The minimum absolute atomic E-state index is 0.135. The van der Waals surface area contributed by atoms with Crippen LogP contribution in [0.4, 0.5) is 5.69 Å². The van der Waals surface area contributed by atoms with Gasteiger partial charge in [0.2, 0.25) is 5.75 Å². The summed E-state index contributed by atoms with van der Waals surface area (Å²) in [5, 5.41) is 11.1. The average Bonchev–Trinajstić information content (AvgIpc) is 2.42. The number of nitro groups is 1. The highest BCUT2D eigenvalue weighted by molar-refractivity contribution is 5.73. The van der Waals surface area contributed by atoms with E-state index >= 15 is 0 Å². The first-order chi connectivity index (χ1) is 9.44. The molecule has 1 aromatic carbocycles. The van der Waals surface area contributed by atoms with E-state index in [0.717, 1.165) is 7.11 Å². The Morgan fingerprint density at radius 3 is 2.40 bits per heavy atom. The molecule has 0 aliphatic heterocycles. The van der Waals surface area contributed by atoms with Gasteiger partial charge in [-0.05, 0) is 13.0 Å². The van der Waals surface area contributed by atoms with Crippen LogP contribution in [0.15, 0.2) is 12.1 Å². The molecule has 0 fully saturated rings. The van der Waals surface area contributed by atoms with Gasteiger partial charge in [-0.25, -0.2) is 4.79 Å². The van der Waals surface area contributed by atoms with Gasteiger partial charge in [-0.2, -0.15) is 0 Å². The zero-order chi connectivity index (χ0) is 15.3. The third-order valence-electron chi connectivity index (χ3n) is 2.50. The summed E-state index contributed by atoms with van der Waals surface area (Å²) in [7, 11) is 3.79. The van der Waals surface area contributed by atoms with Crippen molar-refractivity contribution in [3.05, 3.63) is 27.8 Å². The van der Waals surface area contributed by atoms with Crippen molar-refractivity contribution >= 4 is 11.7 Å². The van der Waals surface area contributed by atoms with Gasteiger partial charge in [-0.1, -0.05) is 0 Å². The monoisotopic (exact) mass is 285 g/mol. The van der Waals surface area contributed by atoms with Gasteiger partial charge in [-0.3, -0.25) is 10.1 Å². The number of carbonyl (C=O) groups excluding carboxylic acids is 1. The lowest BCUT2D eigenvalue weighted by molar-refractivity contribution is -0.386. The van der Waals surface area contributed by atoms with Crippen molar-refractivity contribution in [1.82, 2.24) is 0 Å². The Morgan fingerprint density at radius 2 is 1.95 bits per heavy atom. The minimum atomic E-state index is -1.40. The van der Waals surface area contributed by atoms with Gasteiger partial charge in [0.25, 0.3) is 6.29 Å². The van der Waals surface area contributed by atoms with Gasteiger partial charge >= 0.3 is 11.7 Å². The molecule has 0 aliphatic carbocycles. The molecule has 0 amide bonds. The molecule has 1 rings (SSSR count). The Hall–Kier alpha value is -2.35. The third-order valence-corrected chi connectivity index (χ3v) is 2.50. The fourth-order valence-corrected chi connectivity index (χ4v) is 1.56. The number of benzene rings is 1. The fourth-order valence-electron chi connectivity index (χ4n) is 1.56. The maximum atomic E-state index is 11.4. The molecule has 1 unspecified atom stereocenters. The Labute approximate surface area is 115 Å². The van der Waals surface area contributed by atoms with Crippen molar-refractivity contribution in [2.45, 2.75) is 13.2 Å². The molecule has 0 aliphatic rings. The highest BCUT2D eigenvalue weighted by Gasteiger charge is 2.27. The molecule has 0 bridgehead atoms. The van der Waals surface area contributed by atoms with Crippen LogP contribution < -0.4 is 9.47 Å². The van der Waals surface area contributed by atoms with Crippen molar-refractivity contribution in [3.63, 3.8) is 0 Å². The summed E-state index contributed by atoms with van der Waals surface area (Å²) in [6.45, 7) is 1.54. The summed E-state index contributed by atoms with van der Waals surface area (Å²) in [6.07, 6.45) is -1.40. The highest BCUT2D eigenvalue weighted by Crippen LogP contribution is 2.35. The number of esters is 1. The summed E-state index contributed by atoms with van der Waals surface area (Å²) in [5.74, 6) is -0.575. The van der Waals surface area contributed by atoms with Crippen molar-refractivity contribution in [3.8, 4) is 11.5 Å². The number of rotatable bonds is 6. The number of nitro benzene ring substituents is 1. The van der Waals surface area contributed by atoms with Crippen molar-refractivity contribution in [1.29, 1.82) is 0 Å². The van der Waals surface area contributed by atoms with Gasteiger partial charge in [0.05, 0.1) is 19.1 Å². The summed E-state index contributed by atoms with van der Waals surface area (Å²) in [6, 6.07) is 2.80. The van der Waals surface area contributed by atoms with Crippen LogP contribution in [0.1, 0.15) is 5.56 Å². The van der Waals surface area contributed by atoms with E-state index in [-0.39, 0.29) is 11.4 Å². The number of nitrogens with zero attached hydrogens (tertiary/aromatic N) is 1. The first-order valence-electron chi connectivity index (χ1n) is 5.54. The second-order valence-electron chi connectivity index (χ2n) is 3.76. The molecule has 110 valence electrons. The van der Waals surface area contributed by atoms with Crippen LogP contribution in [0.25, 0.3) is 0 Å². The van der Waals surface area contributed by atoms with Crippen LogP contribution in [0.3, 0.4) is 0 Å². The lowest BCUT2D eigenvalue weighted by Gasteiger charge is -2.16. The lowest BCUT2D eigenvalue weighted by atomic mass is 10.2. The lowest BCUT2D eigenvalue weighted by Crippen LogP contribution is -2.30. The molecule has 0 radical (unpaired) electrons. The van der Waals surface area contributed by atoms with E-state index in [9.17, 15) is 14.9 Å². The molecule has 0 N–H and O–H groups in total. The largest absolute Gasteiger partial charge is 0.497 e. The molecule has 8 nitrogen and oxygen atoms in total. The standard InChI is InChI=1S/C12H15NO7/c1-7-5-8(17-2)6-9(10(7)13(15)16)20-12(19-4)11(14)18-3/h5-6,12H,1-4H3. The van der Waals surface area contributed by atoms with Crippen LogP contribution in [0.2, 0.25) is 0 Å². The normalized spacial score (nSPS) is 11.6. The van der Waals surface area contributed by atoms with Crippen LogP contribution in [-0.2, 0) is 14.3 Å². The second-order valence-corrected chi connectivity index (χ2v) is 3.76. The molecule has 0 aromatic heterocycles. The Bertz CT molecular complexity index is 515. The number of hydrogen-bond donors (Lipinski definition) is 0. The number of carbonyl (C=O) groups is 1. The summed E-state index contributed by atoms with van der Waals surface area (Å²) in [5.41, 5.74) is 0.0702. The molecule has 1 atom stereocenters.